The van der Waals surface area contributed by atoms with Gasteiger partial charge < -0.3 is 14.6 Å². The van der Waals surface area contributed by atoms with Gasteiger partial charge in [-0.25, -0.2) is 4.79 Å². The fourth-order valence-electron chi connectivity index (χ4n) is 2.43. The topological polar surface area (TPSA) is 79.6 Å². The van der Waals surface area contributed by atoms with E-state index in [-0.39, 0.29) is 11.5 Å². The number of para-hydroxylation sites is 1. The predicted molar refractivity (Wildman–Crippen MR) is 76.0 cm³/mol. The summed E-state index contributed by atoms with van der Waals surface area (Å²) in [6.07, 6.45) is 0. The van der Waals surface area contributed by atoms with Crippen LogP contribution in [0.2, 0.25) is 0 Å². The highest BCUT2D eigenvalue weighted by Crippen LogP contribution is 2.15. The normalized spacial score (nSPS) is 18.6. The summed E-state index contributed by atoms with van der Waals surface area (Å²) >= 11 is 0. The predicted octanol–water partition coefficient (Wildman–Crippen LogP) is 0.753. The molecule has 1 aliphatic heterocycles. The molecule has 1 atom stereocenters. The van der Waals surface area contributed by atoms with Crippen molar-refractivity contribution in [2.45, 2.75) is 13.0 Å². The van der Waals surface area contributed by atoms with Crippen molar-refractivity contribution in [3.63, 3.8) is 0 Å². The van der Waals surface area contributed by atoms with E-state index >= 15 is 0 Å². The maximum Gasteiger partial charge on any atom is 0.349 e. The van der Waals surface area contributed by atoms with Crippen molar-refractivity contribution < 1.29 is 14.0 Å². The van der Waals surface area contributed by atoms with Crippen molar-refractivity contribution in [1.29, 1.82) is 0 Å². The number of nitrogens with zero attached hydrogens (tertiary/aromatic N) is 1. The van der Waals surface area contributed by atoms with E-state index in [1.807, 2.05) is 0 Å². The number of fused-ring (bicyclic) bond motifs is 1. The van der Waals surface area contributed by atoms with Gasteiger partial charge in [-0.1, -0.05) is 18.2 Å². The molecule has 1 unspecified atom stereocenters. The highest BCUT2D eigenvalue weighted by molar-refractivity contribution is 5.99. The van der Waals surface area contributed by atoms with E-state index in [9.17, 15) is 14.4 Å². The van der Waals surface area contributed by atoms with Gasteiger partial charge in [-0.3, -0.25) is 9.59 Å². The highest BCUT2D eigenvalue weighted by Gasteiger charge is 2.31. The third-order valence-electron chi connectivity index (χ3n) is 3.63. The van der Waals surface area contributed by atoms with Gasteiger partial charge in [0.15, 0.2) is 0 Å². The molecular formula is C15H14N2O4. The van der Waals surface area contributed by atoms with Crippen LogP contribution >= 0.6 is 0 Å². The van der Waals surface area contributed by atoms with Gasteiger partial charge in [0.1, 0.15) is 17.2 Å². The van der Waals surface area contributed by atoms with Crippen molar-refractivity contribution >= 4 is 22.8 Å². The summed E-state index contributed by atoms with van der Waals surface area (Å²) in [6.45, 7) is 2.39. The van der Waals surface area contributed by atoms with Gasteiger partial charge in [-0.15, -0.1) is 0 Å². The molecule has 1 saturated heterocycles. The van der Waals surface area contributed by atoms with Crippen LogP contribution in [0, 0.1) is 0 Å². The maximum absolute atomic E-state index is 12.5. The summed E-state index contributed by atoms with van der Waals surface area (Å²) in [5.74, 6) is -0.698. The second-order valence-corrected chi connectivity index (χ2v) is 4.95. The fourth-order valence-corrected chi connectivity index (χ4v) is 2.43. The summed E-state index contributed by atoms with van der Waals surface area (Å²) < 4.78 is 5.16. The Labute approximate surface area is 120 Å². The SMILES string of the molecule is CC1C(=O)NCCN1C(=O)c1cc2ccccc2oc1=O. The van der Waals surface area contributed by atoms with Gasteiger partial charge in [0.05, 0.1) is 0 Å². The number of piperazine rings is 1. The Balaban J connectivity index is 2.03. The molecule has 0 saturated carbocycles. The summed E-state index contributed by atoms with van der Waals surface area (Å²) in [6, 6.07) is 7.90. The quantitative estimate of drug-likeness (QED) is 0.785. The highest BCUT2D eigenvalue weighted by atomic mass is 16.4. The van der Waals surface area contributed by atoms with Crippen LogP contribution in [0.15, 0.2) is 39.5 Å². The van der Waals surface area contributed by atoms with E-state index in [0.717, 1.165) is 0 Å². The molecule has 0 spiro atoms. The number of hydrogen-bond donors (Lipinski definition) is 1. The third kappa shape index (κ3) is 2.29. The van der Waals surface area contributed by atoms with Crippen LogP contribution in [-0.4, -0.2) is 35.8 Å². The van der Waals surface area contributed by atoms with Gasteiger partial charge in [-0.05, 0) is 19.1 Å². The molecule has 1 aromatic carbocycles. The van der Waals surface area contributed by atoms with Gasteiger partial charge in [-0.2, -0.15) is 0 Å². The number of carbonyl (C=O) groups excluding carboxylic acids is 2. The molecule has 1 fully saturated rings. The largest absolute Gasteiger partial charge is 0.422 e. The van der Waals surface area contributed by atoms with E-state index < -0.39 is 17.6 Å². The number of hydrogen-bond acceptors (Lipinski definition) is 4. The first kappa shape index (κ1) is 13.4. The molecule has 1 aliphatic rings. The van der Waals surface area contributed by atoms with Crippen LogP contribution in [0.25, 0.3) is 11.0 Å². The Bertz CT molecular complexity index is 781. The van der Waals surface area contributed by atoms with E-state index in [1.165, 1.54) is 11.0 Å². The molecule has 3 rings (SSSR count). The monoisotopic (exact) mass is 286 g/mol. The van der Waals surface area contributed by atoms with Crippen molar-refractivity contribution in [1.82, 2.24) is 10.2 Å². The first-order chi connectivity index (χ1) is 10.1. The molecule has 2 amide bonds. The number of benzene rings is 1. The molecule has 0 aliphatic carbocycles. The summed E-state index contributed by atoms with van der Waals surface area (Å²) in [5.41, 5.74) is -0.296. The smallest absolute Gasteiger partial charge is 0.349 e. The van der Waals surface area contributed by atoms with Crippen LogP contribution in [0.5, 0.6) is 0 Å². The third-order valence-corrected chi connectivity index (χ3v) is 3.63. The number of rotatable bonds is 1. The lowest BCUT2D eigenvalue weighted by atomic mass is 10.1. The Morgan fingerprint density at radius 3 is 2.90 bits per heavy atom. The second-order valence-electron chi connectivity index (χ2n) is 4.95. The molecule has 0 radical (unpaired) electrons. The molecular weight excluding hydrogens is 272 g/mol. The zero-order valence-corrected chi connectivity index (χ0v) is 11.5. The standard InChI is InChI=1S/C15H14N2O4/c1-9-13(18)16-6-7-17(9)14(19)11-8-10-4-2-3-5-12(10)21-15(11)20/h2-5,8-9H,6-7H2,1H3,(H,16,18). The van der Waals surface area contributed by atoms with Crippen LogP contribution in [0.4, 0.5) is 0 Å². The maximum atomic E-state index is 12.5. The molecule has 21 heavy (non-hydrogen) atoms. The first-order valence-electron chi connectivity index (χ1n) is 6.69. The Hall–Kier alpha value is -2.63. The lowest BCUT2D eigenvalue weighted by molar-refractivity contribution is -0.127. The van der Waals surface area contributed by atoms with E-state index in [2.05, 4.69) is 5.32 Å². The average Bonchev–Trinajstić information content (AvgIpc) is 2.48. The minimum Gasteiger partial charge on any atom is -0.422 e. The van der Waals surface area contributed by atoms with Gasteiger partial charge in [0.25, 0.3) is 5.91 Å². The van der Waals surface area contributed by atoms with Crippen molar-refractivity contribution in [3.8, 4) is 0 Å². The minimum atomic E-state index is -0.683. The average molecular weight is 286 g/mol. The zero-order valence-electron chi connectivity index (χ0n) is 11.5. The molecule has 1 aromatic heterocycles. The lowest BCUT2D eigenvalue weighted by Gasteiger charge is -2.32. The number of amides is 2. The van der Waals surface area contributed by atoms with E-state index in [4.69, 9.17) is 4.42 Å². The molecule has 6 heteroatoms. The number of nitrogens with one attached hydrogen (secondary N) is 1. The van der Waals surface area contributed by atoms with Crippen LogP contribution < -0.4 is 10.9 Å². The zero-order chi connectivity index (χ0) is 15.0. The molecule has 0 bridgehead atoms. The fraction of sp³-hybridized carbons (Fsp3) is 0.267. The van der Waals surface area contributed by atoms with Crippen molar-refractivity contribution in [2.24, 2.45) is 0 Å². The van der Waals surface area contributed by atoms with Crippen LogP contribution in [-0.2, 0) is 4.79 Å². The Morgan fingerprint density at radius 2 is 2.10 bits per heavy atom. The van der Waals surface area contributed by atoms with Gasteiger partial charge in [0.2, 0.25) is 5.91 Å². The molecule has 1 N–H and O–H groups in total. The lowest BCUT2D eigenvalue weighted by Crippen LogP contribution is -2.56. The minimum absolute atomic E-state index is 0.0461. The molecule has 6 nitrogen and oxygen atoms in total. The number of carbonyl (C=O) groups is 2. The molecule has 2 heterocycles. The Kier molecular flexibility index (Phi) is 3.21. The van der Waals surface area contributed by atoms with Gasteiger partial charge >= 0.3 is 5.63 Å². The first-order valence-corrected chi connectivity index (χ1v) is 6.69. The summed E-state index contributed by atoms with van der Waals surface area (Å²) in [5, 5.41) is 3.35. The molecule has 2 aromatic rings. The van der Waals surface area contributed by atoms with E-state index in [1.54, 1.807) is 31.2 Å². The van der Waals surface area contributed by atoms with Crippen molar-refractivity contribution in [3.05, 3.63) is 46.3 Å². The summed E-state index contributed by atoms with van der Waals surface area (Å²) in [7, 11) is 0. The van der Waals surface area contributed by atoms with Crippen LogP contribution in [0.1, 0.15) is 17.3 Å². The van der Waals surface area contributed by atoms with E-state index in [0.29, 0.717) is 24.1 Å². The van der Waals surface area contributed by atoms with Crippen LogP contribution in [0.3, 0.4) is 0 Å². The molecule has 108 valence electrons. The van der Waals surface area contributed by atoms with Gasteiger partial charge in [0, 0.05) is 18.5 Å². The van der Waals surface area contributed by atoms with Crippen molar-refractivity contribution in [2.75, 3.05) is 13.1 Å². The Morgan fingerprint density at radius 1 is 1.33 bits per heavy atom. The second kappa shape index (κ2) is 5.05. The summed E-state index contributed by atoms with van der Waals surface area (Å²) in [4.78, 5) is 37.5.